The molecule has 4 rings (SSSR count). The SMILES string of the molecule is C=C1CCC[C@@H]2CC=C[C@@H](C/C=C\C(=O)OC([C@@H](O)/C=C/C3CCC=C(C)C3)C[C@@H]3O[C@H]3[C@@H](O)C1)O2. The zero-order valence-electron chi connectivity index (χ0n) is 21.5. The molecular weight excluding hydrogens is 456 g/mol. The Morgan fingerprint density at radius 2 is 2.03 bits per heavy atom. The number of epoxide rings is 1. The van der Waals surface area contributed by atoms with Crippen molar-refractivity contribution < 1.29 is 29.2 Å². The van der Waals surface area contributed by atoms with Crippen LogP contribution in [0, 0.1) is 5.92 Å². The number of carbonyl (C=O) groups excluding carboxylic acids is 1. The van der Waals surface area contributed by atoms with Gasteiger partial charge in [0.25, 0.3) is 0 Å². The van der Waals surface area contributed by atoms with E-state index in [0.717, 1.165) is 50.5 Å². The Morgan fingerprint density at radius 1 is 1.17 bits per heavy atom. The lowest BCUT2D eigenvalue weighted by Crippen LogP contribution is -2.32. The topological polar surface area (TPSA) is 88.5 Å². The van der Waals surface area contributed by atoms with Crippen molar-refractivity contribution in [2.75, 3.05) is 0 Å². The van der Waals surface area contributed by atoms with Gasteiger partial charge in [-0.15, -0.1) is 0 Å². The van der Waals surface area contributed by atoms with E-state index in [9.17, 15) is 15.0 Å². The van der Waals surface area contributed by atoms with Crippen molar-refractivity contribution in [2.45, 2.75) is 114 Å². The van der Waals surface area contributed by atoms with Gasteiger partial charge in [-0.1, -0.05) is 54.2 Å². The molecule has 1 saturated heterocycles. The van der Waals surface area contributed by atoms with Gasteiger partial charge < -0.3 is 24.4 Å². The van der Waals surface area contributed by atoms with E-state index in [1.54, 1.807) is 12.2 Å². The summed E-state index contributed by atoms with van der Waals surface area (Å²) >= 11 is 0. The van der Waals surface area contributed by atoms with Gasteiger partial charge in [-0.05, 0) is 70.6 Å². The number of aliphatic hydroxyl groups is 2. The van der Waals surface area contributed by atoms with Crippen LogP contribution in [0.15, 0.2) is 60.3 Å². The second-order valence-electron chi connectivity index (χ2n) is 10.8. The van der Waals surface area contributed by atoms with Crippen LogP contribution in [0.5, 0.6) is 0 Å². The summed E-state index contributed by atoms with van der Waals surface area (Å²) in [5.41, 5.74) is 2.37. The molecule has 0 aromatic heterocycles. The summed E-state index contributed by atoms with van der Waals surface area (Å²) in [7, 11) is 0. The van der Waals surface area contributed by atoms with E-state index < -0.39 is 24.3 Å². The molecule has 2 bridgehead atoms. The number of carbonyl (C=O) groups is 1. The normalized spacial score (nSPS) is 38.3. The van der Waals surface area contributed by atoms with Crippen LogP contribution in [-0.4, -0.2) is 58.9 Å². The maximum atomic E-state index is 12.6. The lowest BCUT2D eigenvalue weighted by Gasteiger charge is -2.25. The fourth-order valence-electron chi connectivity index (χ4n) is 5.50. The van der Waals surface area contributed by atoms with Gasteiger partial charge >= 0.3 is 5.97 Å². The maximum absolute atomic E-state index is 12.6. The average Bonchev–Trinajstić information content (AvgIpc) is 3.61. The molecule has 36 heavy (non-hydrogen) atoms. The van der Waals surface area contributed by atoms with Crippen molar-refractivity contribution in [3.05, 3.63) is 60.3 Å². The summed E-state index contributed by atoms with van der Waals surface area (Å²) in [6, 6.07) is 0. The molecule has 2 unspecified atom stereocenters. The van der Waals surface area contributed by atoms with Gasteiger partial charge in [0.2, 0.25) is 0 Å². The highest BCUT2D eigenvalue weighted by Gasteiger charge is 2.46. The Bertz CT molecular complexity index is 886. The highest BCUT2D eigenvalue weighted by atomic mass is 16.6. The summed E-state index contributed by atoms with van der Waals surface area (Å²) in [6.45, 7) is 6.29. The number of allylic oxidation sites excluding steroid dienone is 3. The number of aliphatic hydroxyl groups excluding tert-OH is 2. The molecule has 6 nitrogen and oxygen atoms in total. The number of hydrogen-bond donors (Lipinski definition) is 2. The minimum atomic E-state index is -0.943. The summed E-state index contributed by atoms with van der Waals surface area (Å²) in [6.07, 6.45) is 18.8. The van der Waals surface area contributed by atoms with Crippen LogP contribution in [-0.2, 0) is 19.0 Å². The number of hydrogen-bond acceptors (Lipinski definition) is 6. The van der Waals surface area contributed by atoms with Crippen LogP contribution in [0.25, 0.3) is 0 Å². The van der Waals surface area contributed by atoms with Crippen LogP contribution in [0.3, 0.4) is 0 Å². The molecule has 4 aliphatic rings. The van der Waals surface area contributed by atoms with Gasteiger partial charge in [-0.25, -0.2) is 4.79 Å². The third-order valence-corrected chi connectivity index (χ3v) is 7.60. The lowest BCUT2D eigenvalue weighted by atomic mass is 9.89. The molecule has 2 N–H and O–H groups in total. The van der Waals surface area contributed by atoms with Crippen LogP contribution < -0.4 is 0 Å². The highest BCUT2D eigenvalue weighted by molar-refractivity contribution is 5.82. The second kappa shape index (κ2) is 13.0. The van der Waals surface area contributed by atoms with E-state index in [2.05, 4.69) is 25.7 Å². The van der Waals surface area contributed by atoms with Crippen molar-refractivity contribution in [1.82, 2.24) is 0 Å². The van der Waals surface area contributed by atoms with E-state index in [0.29, 0.717) is 25.2 Å². The zero-order valence-corrected chi connectivity index (χ0v) is 21.5. The maximum Gasteiger partial charge on any atom is 0.330 e. The second-order valence-corrected chi connectivity index (χ2v) is 10.8. The molecule has 6 heteroatoms. The van der Waals surface area contributed by atoms with Crippen molar-refractivity contribution in [1.29, 1.82) is 0 Å². The zero-order chi connectivity index (χ0) is 25.5. The van der Waals surface area contributed by atoms with Gasteiger partial charge in [-0.3, -0.25) is 0 Å². The van der Waals surface area contributed by atoms with Crippen molar-refractivity contribution in [3.63, 3.8) is 0 Å². The first-order valence-corrected chi connectivity index (χ1v) is 13.6. The largest absolute Gasteiger partial charge is 0.456 e. The molecule has 198 valence electrons. The molecule has 0 aromatic carbocycles. The Morgan fingerprint density at radius 3 is 2.86 bits per heavy atom. The van der Waals surface area contributed by atoms with E-state index in [4.69, 9.17) is 14.2 Å². The van der Waals surface area contributed by atoms with Crippen molar-refractivity contribution in [3.8, 4) is 0 Å². The Kier molecular flexibility index (Phi) is 9.77. The van der Waals surface area contributed by atoms with Crippen LogP contribution in [0.2, 0.25) is 0 Å². The molecule has 3 heterocycles. The number of ether oxygens (including phenoxy) is 3. The molecule has 0 radical (unpaired) electrons. The van der Waals surface area contributed by atoms with Gasteiger partial charge in [-0.2, -0.15) is 0 Å². The lowest BCUT2D eigenvalue weighted by molar-refractivity contribution is -0.148. The summed E-state index contributed by atoms with van der Waals surface area (Å²) in [5.74, 6) is -0.114. The van der Waals surface area contributed by atoms with Crippen molar-refractivity contribution >= 4 is 5.97 Å². The van der Waals surface area contributed by atoms with Gasteiger partial charge in [0.15, 0.2) is 0 Å². The third kappa shape index (κ3) is 8.27. The van der Waals surface area contributed by atoms with E-state index in [-0.39, 0.29) is 24.4 Å². The number of cyclic esters (lactones) is 1. The first-order chi connectivity index (χ1) is 17.4. The minimum absolute atomic E-state index is 0.0605. The van der Waals surface area contributed by atoms with E-state index >= 15 is 0 Å². The minimum Gasteiger partial charge on any atom is -0.456 e. The van der Waals surface area contributed by atoms with E-state index in [1.165, 1.54) is 11.6 Å². The van der Waals surface area contributed by atoms with Crippen LogP contribution in [0.1, 0.15) is 71.1 Å². The quantitative estimate of drug-likeness (QED) is 0.328. The summed E-state index contributed by atoms with van der Waals surface area (Å²) in [4.78, 5) is 12.6. The smallest absolute Gasteiger partial charge is 0.330 e. The molecule has 0 aromatic rings. The van der Waals surface area contributed by atoms with Crippen molar-refractivity contribution in [2.24, 2.45) is 5.92 Å². The Balaban J connectivity index is 1.43. The molecule has 0 amide bonds. The molecule has 0 spiro atoms. The summed E-state index contributed by atoms with van der Waals surface area (Å²) in [5, 5.41) is 21.6. The molecule has 3 aliphatic heterocycles. The predicted octanol–water partition coefficient (Wildman–Crippen LogP) is 4.87. The van der Waals surface area contributed by atoms with Gasteiger partial charge in [0, 0.05) is 12.5 Å². The predicted molar refractivity (Wildman–Crippen MR) is 139 cm³/mol. The standard InChI is InChI=1S/C30H42O6/c1-20-7-3-9-22(17-20)15-16-25(31)27-19-28-30(36-28)26(32)18-21(2)8-4-10-23-11-5-12-24(34-23)13-6-14-29(33)35-27/h5-7,12,14-16,22-28,30-32H,2-4,8-11,13,17-19H2,1H3/b14-6-,16-15+/t22?,23-,24+,25+,26+,27?,28+,30+/m1/s1. The molecule has 1 aliphatic carbocycles. The molecule has 0 saturated carbocycles. The Hall–Kier alpha value is -1.99. The first-order valence-electron chi connectivity index (χ1n) is 13.6. The first kappa shape index (κ1) is 27.1. The van der Waals surface area contributed by atoms with Crippen LogP contribution in [0.4, 0.5) is 0 Å². The molecule has 8 atom stereocenters. The monoisotopic (exact) mass is 498 g/mol. The fraction of sp³-hybridized carbons (Fsp3) is 0.633. The van der Waals surface area contributed by atoms with Crippen LogP contribution >= 0.6 is 0 Å². The van der Waals surface area contributed by atoms with E-state index in [1.807, 2.05) is 12.2 Å². The number of fused-ring (bicyclic) bond motifs is 3. The third-order valence-electron chi connectivity index (χ3n) is 7.60. The number of rotatable bonds is 3. The fourth-order valence-corrected chi connectivity index (χ4v) is 5.50. The summed E-state index contributed by atoms with van der Waals surface area (Å²) < 4.78 is 17.6. The van der Waals surface area contributed by atoms with Gasteiger partial charge in [0.1, 0.15) is 18.3 Å². The Labute approximate surface area is 215 Å². The van der Waals surface area contributed by atoms with Gasteiger partial charge in [0.05, 0.1) is 24.4 Å². The highest BCUT2D eigenvalue weighted by Crippen LogP contribution is 2.34. The average molecular weight is 499 g/mol. The molecular formula is C30H42O6. The number of esters is 1. The molecule has 1 fully saturated rings.